The average Bonchev–Trinajstić information content (AvgIpc) is 3.54. The van der Waals surface area contributed by atoms with Crippen LogP contribution in [0.3, 0.4) is 0 Å². The average molecular weight is 600 g/mol. The van der Waals surface area contributed by atoms with Crippen LogP contribution in [0.15, 0.2) is 95.6 Å². The first-order valence-electron chi connectivity index (χ1n) is 13.5. The van der Waals surface area contributed by atoms with Gasteiger partial charge in [0, 0.05) is 23.2 Å². The van der Waals surface area contributed by atoms with E-state index in [1.165, 1.54) is 12.3 Å². The Morgan fingerprint density at radius 1 is 0.909 bits per heavy atom. The number of nitrogen functional groups attached to an aromatic ring is 1. The molecule has 44 heavy (non-hydrogen) atoms. The number of rotatable bonds is 8. The summed E-state index contributed by atoms with van der Waals surface area (Å²) in [6, 6.07) is 25.0. The van der Waals surface area contributed by atoms with Gasteiger partial charge in [0.25, 0.3) is 5.91 Å². The molecule has 0 saturated heterocycles. The molecule has 0 bridgehead atoms. The van der Waals surface area contributed by atoms with Crippen LogP contribution < -0.4 is 22.1 Å². The predicted octanol–water partition coefficient (Wildman–Crippen LogP) is 4.89. The second-order valence-corrected chi connectivity index (χ2v) is 10.6. The molecule has 1 unspecified atom stereocenters. The summed E-state index contributed by atoms with van der Waals surface area (Å²) in [4.78, 5) is 41.9. The van der Waals surface area contributed by atoms with Gasteiger partial charge >= 0.3 is 0 Å². The van der Waals surface area contributed by atoms with Gasteiger partial charge in [0.2, 0.25) is 5.91 Å². The van der Waals surface area contributed by atoms with Crippen molar-refractivity contribution in [2.24, 2.45) is 11.5 Å². The summed E-state index contributed by atoms with van der Waals surface area (Å²) in [5.74, 6) is -0.821. The summed E-state index contributed by atoms with van der Waals surface area (Å²) in [6.45, 7) is 11.9. The number of hydrogen-bond acceptors (Lipinski definition) is 7. The second kappa shape index (κ2) is 18.2. The minimum Gasteiger partial charge on any atom is -0.459 e. The molecule has 4 rings (SSSR count). The fraction of sp³-hybridized carbons (Fsp3) is 0.206. The van der Waals surface area contributed by atoms with Gasteiger partial charge in [0.1, 0.15) is 25.5 Å². The number of hydrogen-bond donors (Lipinski definition) is 5. The Kier molecular flexibility index (Phi) is 15.2. The van der Waals surface area contributed by atoms with E-state index in [9.17, 15) is 9.59 Å². The van der Waals surface area contributed by atoms with Gasteiger partial charge in [-0.15, -0.1) is 0 Å². The van der Waals surface area contributed by atoms with E-state index in [0.29, 0.717) is 11.3 Å². The molecular weight excluding hydrogens is 558 g/mol. The molecule has 0 aliphatic heterocycles. The fourth-order valence-corrected chi connectivity index (χ4v) is 3.81. The number of anilines is 1. The fourth-order valence-electron chi connectivity index (χ4n) is 3.81. The van der Waals surface area contributed by atoms with Crippen molar-refractivity contribution >= 4 is 36.9 Å². The highest BCUT2D eigenvalue weighted by Crippen LogP contribution is 2.24. The monoisotopic (exact) mass is 599 g/mol. The zero-order chi connectivity index (χ0) is 33.3. The molecule has 1 heterocycles. The zero-order valence-corrected chi connectivity index (χ0v) is 25.6. The van der Waals surface area contributed by atoms with E-state index in [4.69, 9.17) is 30.9 Å². The van der Waals surface area contributed by atoms with Crippen LogP contribution in [0.25, 0.3) is 11.1 Å². The Bertz CT molecular complexity index is 1470. The number of nitrogens with two attached hydrogens (primary N) is 2. The molecule has 4 aromatic rings. The van der Waals surface area contributed by atoms with Crippen LogP contribution in [0.5, 0.6) is 0 Å². The van der Waals surface area contributed by atoms with E-state index in [1.54, 1.807) is 24.3 Å². The molecule has 1 aromatic heterocycles. The van der Waals surface area contributed by atoms with Crippen molar-refractivity contribution in [2.75, 3.05) is 5.32 Å². The van der Waals surface area contributed by atoms with Crippen LogP contribution >= 0.6 is 0 Å². The van der Waals surface area contributed by atoms with Crippen LogP contribution in [0.4, 0.5) is 5.69 Å². The summed E-state index contributed by atoms with van der Waals surface area (Å²) in [7, 11) is 0. The second-order valence-electron chi connectivity index (χ2n) is 10.6. The molecule has 0 spiro atoms. The Morgan fingerprint density at radius 2 is 1.52 bits per heavy atom. The number of aryl methyl sites for hydroxylation is 1. The summed E-state index contributed by atoms with van der Waals surface area (Å²) >= 11 is 0. The van der Waals surface area contributed by atoms with E-state index >= 15 is 0 Å². The first-order chi connectivity index (χ1) is 20.9. The standard InChI is InChI=1S/C28H26N4O3.C4H11N.2CH2O/c1-18-6-2-3-9-23(18)20-11-13-22(14-12-20)31-27(33)24(32-28(34)25-10-5-15-35-25)17-19-7-4-8-21(16-19)26(29)30;1-4(2,3)5;2*1-2/h2-16,24H,17H2,1H3,(H3,29,30)(H,31,33)(H,32,34);5H2,1-3H3;2*1H2. The van der Waals surface area contributed by atoms with Gasteiger partial charge < -0.3 is 36.1 Å². The largest absolute Gasteiger partial charge is 0.459 e. The molecular formula is C34H41N5O5. The Labute approximate surface area is 258 Å². The van der Waals surface area contributed by atoms with Crippen LogP contribution in [-0.4, -0.2) is 42.8 Å². The van der Waals surface area contributed by atoms with Crippen molar-refractivity contribution in [3.8, 4) is 11.1 Å². The predicted molar refractivity (Wildman–Crippen MR) is 175 cm³/mol. The molecule has 1 atom stereocenters. The molecule has 10 heteroatoms. The van der Waals surface area contributed by atoms with Crippen LogP contribution in [-0.2, 0) is 20.8 Å². The van der Waals surface area contributed by atoms with Crippen LogP contribution in [0.1, 0.15) is 48.0 Å². The first kappa shape index (κ1) is 36.7. The van der Waals surface area contributed by atoms with Gasteiger partial charge in [-0.3, -0.25) is 15.0 Å². The van der Waals surface area contributed by atoms with Crippen LogP contribution in [0, 0.1) is 12.3 Å². The van der Waals surface area contributed by atoms with E-state index in [0.717, 1.165) is 22.3 Å². The highest BCUT2D eigenvalue weighted by Gasteiger charge is 2.23. The molecule has 0 saturated carbocycles. The Morgan fingerprint density at radius 3 is 2.07 bits per heavy atom. The molecule has 7 N–H and O–H groups in total. The minimum atomic E-state index is -0.883. The lowest BCUT2D eigenvalue weighted by Crippen LogP contribution is -2.45. The lowest BCUT2D eigenvalue weighted by Gasteiger charge is -2.19. The number of furan rings is 1. The lowest BCUT2D eigenvalue weighted by molar-refractivity contribution is -0.118. The van der Waals surface area contributed by atoms with Crippen molar-refractivity contribution in [1.29, 1.82) is 5.41 Å². The van der Waals surface area contributed by atoms with Gasteiger partial charge in [-0.2, -0.15) is 0 Å². The van der Waals surface area contributed by atoms with Gasteiger partial charge in [-0.25, -0.2) is 0 Å². The topological polar surface area (TPSA) is 181 Å². The summed E-state index contributed by atoms with van der Waals surface area (Å²) in [5, 5.41) is 13.3. The van der Waals surface area contributed by atoms with Gasteiger partial charge in [0.15, 0.2) is 5.76 Å². The van der Waals surface area contributed by atoms with E-state index in [-0.39, 0.29) is 29.5 Å². The first-order valence-corrected chi connectivity index (χ1v) is 13.5. The number of carbonyl (C=O) groups is 4. The molecule has 0 aliphatic rings. The van der Waals surface area contributed by atoms with E-state index in [1.807, 2.05) is 76.8 Å². The highest BCUT2D eigenvalue weighted by molar-refractivity contribution is 6.00. The van der Waals surface area contributed by atoms with Crippen molar-refractivity contribution in [3.05, 3.63) is 114 Å². The maximum absolute atomic E-state index is 13.2. The van der Waals surface area contributed by atoms with Crippen molar-refractivity contribution < 1.29 is 23.6 Å². The number of amides is 2. The van der Waals surface area contributed by atoms with Crippen molar-refractivity contribution in [3.63, 3.8) is 0 Å². The molecule has 232 valence electrons. The van der Waals surface area contributed by atoms with Crippen LogP contribution in [0.2, 0.25) is 0 Å². The normalized spacial score (nSPS) is 10.7. The lowest BCUT2D eigenvalue weighted by atomic mass is 10.0. The van der Waals surface area contributed by atoms with Gasteiger partial charge in [-0.05, 0) is 80.3 Å². The molecule has 10 nitrogen and oxygen atoms in total. The molecule has 0 fully saturated rings. The smallest absolute Gasteiger partial charge is 0.287 e. The van der Waals surface area contributed by atoms with Gasteiger partial charge in [0.05, 0.1) is 6.26 Å². The number of amidine groups is 1. The van der Waals surface area contributed by atoms with E-state index in [2.05, 4.69) is 29.7 Å². The third-order valence-electron chi connectivity index (χ3n) is 5.65. The summed E-state index contributed by atoms with van der Waals surface area (Å²) in [5.41, 5.74) is 16.2. The number of nitrogens with one attached hydrogen (secondary N) is 3. The summed E-state index contributed by atoms with van der Waals surface area (Å²) < 4.78 is 5.17. The minimum absolute atomic E-state index is 0. The molecule has 2 amide bonds. The van der Waals surface area contributed by atoms with E-state index < -0.39 is 11.9 Å². The maximum atomic E-state index is 13.2. The molecule has 0 aliphatic carbocycles. The summed E-state index contributed by atoms with van der Waals surface area (Å²) in [6.07, 6.45) is 1.61. The Balaban J connectivity index is 0.000000962. The third-order valence-corrected chi connectivity index (χ3v) is 5.65. The quantitative estimate of drug-likeness (QED) is 0.141. The van der Waals surface area contributed by atoms with Crippen molar-refractivity contribution in [2.45, 2.75) is 45.7 Å². The maximum Gasteiger partial charge on any atom is 0.287 e. The zero-order valence-electron chi connectivity index (χ0n) is 25.6. The molecule has 3 aromatic carbocycles. The van der Waals surface area contributed by atoms with Gasteiger partial charge in [-0.1, -0.05) is 54.6 Å². The molecule has 0 radical (unpaired) electrons. The highest BCUT2D eigenvalue weighted by atomic mass is 16.3. The van der Waals surface area contributed by atoms with Crippen molar-refractivity contribution in [1.82, 2.24) is 5.32 Å². The SMILES string of the molecule is C=O.C=O.CC(C)(C)N.Cc1ccccc1-c1ccc(NC(=O)C(Cc2cccc(C(=N)N)c2)NC(=O)c2ccco2)cc1. The number of benzene rings is 3. The Hall–Kier alpha value is -5.35. The number of carbonyl (C=O) groups excluding carboxylic acids is 4. The third kappa shape index (κ3) is 12.7.